The lowest BCUT2D eigenvalue weighted by atomic mass is 10.1. The summed E-state index contributed by atoms with van der Waals surface area (Å²) in [5, 5.41) is 7.69. The lowest BCUT2D eigenvalue weighted by Gasteiger charge is -2.06. The highest BCUT2D eigenvalue weighted by Gasteiger charge is 2.02. The number of halogens is 1. The van der Waals surface area contributed by atoms with Gasteiger partial charge in [-0.25, -0.2) is 0 Å². The molecule has 1 aromatic heterocycles. The number of rotatable bonds is 4. The number of nitrogens with zero attached hydrogens (tertiary/aromatic N) is 2. The molecule has 18 heavy (non-hydrogen) atoms. The van der Waals surface area contributed by atoms with Crippen LogP contribution in [0, 0.1) is 6.92 Å². The van der Waals surface area contributed by atoms with Crippen LogP contribution in [0.15, 0.2) is 35.1 Å². The quantitative estimate of drug-likeness (QED) is 0.919. The molecule has 0 aliphatic heterocycles. The van der Waals surface area contributed by atoms with E-state index in [1.165, 1.54) is 11.1 Å². The summed E-state index contributed by atoms with van der Waals surface area (Å²) >= 11 is 3.51. The van der Waals surface area contributed by atoms with Crippen LogP contribution in [0.2, 0.25) is 0 Å². The summed E-state index contributed by atoms with van der Waals surface area (Å²) in [4.78, 5) is 0. The molecule has 0 saturated carbocycles. The van der Waals surface area contributed by atoms with Crippen LogP contribution in [0.5, 0.6) is 0 Å². The van der Waals surface area contributed by atoms with Crippen LogP contribution in [0.3, 0.4) is 0 Å². The second-order valence-electron chi connectivity index (χ2n) is 4.74. The molecule has 0 radical (unpaired) electrons. The molecule has 0 saturated heterocycles. The summed E-state index contributed by atoms with van der Waals surface area (Å²) in [5.41, 5.74) is 3.59. The van der Waals surface area contributed by atoms with E-state index in [-0.39, 0.29) is 0 Å². The zero-order chi connectivity index (χ0) is 13.1. The van der Waals surface area contributed by atoms with E-state index in [1.54, 1.807) is 0 Å². The monoisotopic (exact) mass is 307 g/mol. The molecule has 0 spiro atoms. The number of aromatic nitrogens is 2. The van der Waals surface area contributed by atoms with Gasteiger partial charge in [-0.2, -0.15) is 5.10 Å². The maximum Gasteiger partial charge on any atom is 0.0729 e. The molecule has 0 amide bonds. The minimum atomic E-state index is 0.399. The van der Waals surface area contributed by atoms with Crippen molar-refractivity contribution >= 4 is 21.6 Å². The van der Waals surface area contributed by atoms with Gasteiger partial charge in [-0.15, -0.1) is 0 Å². The van der Waals surface area contributed by atoms with E-state index in [0.29, 0.717) is 6.04 Å². The van der Waals surface area contributed by atoms with Crippen LogP contribution in [-0.4, -0.2) is 9.78 Å². The first-order chi connectivity index (χ1) is 8.56. The maximum atomic E-state index is 4.31. The van der Waals surface area contributed by atoms with Crippen LogP contribution >= 0.6 is 15.9 Å². The molecule has 1 N–H and O–H groups in total. The van der Waals surface area contributed by atoms with Crippen LogP contribution in [0.4, 0.5) is 5.69 Å². The van der Waals surface area contributed by atoms with Gasteiger partial charge in [-0.3, -0.25) is 4.68 Å². The Morgan fingerprint density at radius 1 is 1.39 bits per heavy atom. The third-order valence-electron chi connectivity index (χ3n) is 2.85. The van der Waals surface area contributed by atoms with Crippen LogP contribution in [0.1, 0.15) is 31.0 Å². The molecule has 0 unspecified atom stereocenters. The lowest BCUT2D eigenvalue weighted by Crippen LogP contribution is -2.01. The van der Waals surface area contributed by atoms with Gasteiger partial charge in [0.15, 0.2) is 0 Å². The van der Waals surface area contributed by atoms with Gasteiger partial charge in [0.1, 0.15) is 0 Å². The number of benzene rings is 1. The minimum Gasteiger partial charge on any atom is -0.378 e. The largest absolute Gasteiger partial charge is 0.378 e. The van der Waals surface area contributed by atoms with E-state index >= 15 is 0 Å². The predicted molar refractivity (Wildman–Crippen MR) is 78.8 cm³/mol. The molecule has 96 valence electrons. The molecular weight excluding hydrogens is 290 g/mol. The average molecular weight is 308 g/mol. The number of hydrogen-bond donors (Lipinski definition) is 1. The summed E-state index contributed by atoms with van der Waals surface area (Å²) in [6, 6.07) is 6.79. The fourth-order valence-corrected chi connectivity index (χ4v) is 1.98. The van der Waals surface area contributed by atoms with Gasteiger partial charge in [-0.05, 0) is 38.0 Å². The maximum absolute atomic E-state index is 4.31. The highest BCUT2D eigenvalue weighted by Crippen LogP contribution is 2.18. The van der Waals surface area contributed by atoms with E-state index in [1.807, 2.05) is 17.1 Å². The van der Waals surface area contributed by atoms with Crippen molar-refractivity contribution in [3.63, 3.8) is 0 Å². The number of aryl methyl sites for hydroxylation is 1. The Morgan fingerprint density at radius 2 is 2.17 bits per heavy atom. The topological polar surface area (TPSA) is 29.9 Å². The standard InChI is InChI=1S/C14H18BrN3/c1-10(2)18-9-13(8-17-18)16-7-12-4-5-14(15)11(3)6-12/h4-6,8-10,16H,7H2,1-3H3. The molecular formula is C14H18BrN3. The first kappa shape index (κ1) is 13.1. The number of nitrogens with one attached hydrogen (secondary N) is 1. The number of anilines is 1. The van der Waals surface area contributed by atoms with E-state index in [2.05, 4.69) is 65.3 Å². The van der Waals surface area contributed by atoms with E-state index in [4.69, 9.17) is 0 Å². The lowest BCUT2D eigenvalue weighted by molar-refractivity contribution is 0.532. The third-order valence-corrected chi connectivity index (χ3v) is 3.74. The first-order valence-electron chi connectivity index (χ1n) is 6.09. The Balaban J connectivity index is 2.00. The molecule has 3 nitrogen and oxygen atoms in total. The Morgan fingerprint density at radius 3 is 2.78 bits per heavy atom. The van der Waals surface area contributed by atoms with E-state index in [0.717, 1.165) is 16.7 Å². The Labute approximate surface area is 116 Å². The highest BCUT2D eigenvalue weighted by molar-refractivity contribution is 9.10. The zero-order valence-corrected chi connectivity index (χ0v) is 12.5. The third kappa shape index (κ3) is 3.13. The van der Waals surface area contributed by atoms with Gasteiger partial charge in [0.05, 0.1) is 11.9 Å². The zero-order valence-electron chi connectivity index (χ0n) is 10.9. The molecule has 0 fully saturated rings. The number of hydrogen-bond acceptors (Lipinski definition) is 2. The molecule has 2 aromatic rings. The molecule has 1 aromatic carbocycles. The van der Waals surface area contributed by atoms with Crippen molar-refractivity contribution in [2.45, 2.75) is 33.4 Å². The summed E-state index contributed by atoms with van der Waals surface area (Å²) in [6.07, 6.45) is 3.90. The fraction of sp³-hybridized carbons (Fsp3) is 0.357. The van der Waals surface area contributed by atoms with Gasteiger partial charge in [0.25, 0.3) is 0 Å². The van der Waals surface area contributed by atoms with Crippen LogP contribution < -0.4 is 5.32 Å². The average Bonchev–Trinajstić information content (AvgIpc) is 2.79. The fourth-order valence-electron chi connectivity index (χ4n) is 1.73. The predicted octanol–water partition coefficient (Wildman–Crippen LogP) is 4.15. The molecule has 2 rings (SSSR count). The van der Waals surface area contributed by atoms with Crippen molar-refractivity contribution < 1.29 is 0 Å². The molecule has 1 heterocycles. The minimum absolute atomic E-state index is 0.399. The van der Waals surface area contributed by atoms with Gasteiger partial charge in [-0.1, -0.05) is 28.1 Å². The Kier molecular flexibility index (Phi) is 4.07. The van der Waals surface area contributed by atoms with E-state index < -0.39 is 0 Å². The molecule has 4 heteroatoms. The molecule has 0 aliphatic rings. The van der Waals surface area contributed by atoms with Crippen molar-refractivity contribution in [1.82, 2.24) is 9.78 Å². The summed E-state index contributed by atoms with van der Waals surface area (Å²) < 4.78 is 3.11. The van der Waals surface area contributed by atoms with Crippen molar-refractivity contribution in [1.29, 1.82) is 0 Å². The highest BCUT2D eigenvalue weighted by atomic mass is 79.9. The normalized spacial score (nSPS) is 10.9. The second-order valence-corrected chi connectivity index (χ2v) is 5.59. The summed E-state index contributed by atoms with van der Waals surface area (Å²) in [7, 11) is 0. The van der Waals surface area contributed by atoms with Crippen molar-refractivity contribution in [2.24, 2.45) is 0 Å². The van der Waals surface area contributed by atoms with Crippen LogP contribution in [0.25, 0.3) is 0 Å². The van der Waals surface area contributed by atoms with Gasteiger partial charge < -0.3 is 5.32 Å². The van der Waals surface area contributed by atoms with Crippen molar-refractivity contribution in [2.75, 3.05) is 5.32 Å². The second kappa shape index (κ2) is 5.57. The van der Waals surface area contributed by atoms with Crippen LogP contribution in [-0.2, 0) is 6.54 Å². The first-order valence-corrected chi connectivity index (χ1v) is 6.88. The molecule has 0 aliphatic carbocycles. The Bertz CT molecular complexity index is 532. The van der Waals surface area contributed by atoms with Crippen molar-refractivity contribution in [3.8, 4) is 0 Å². The summed E-state index contributed by atoms with van der Waals surface area (Å²) in [5.74, 6) is 0. The molecule has 0 bridgehead atoms. The van der Waals surface area contributed by atoms with E-state index in [9.17, 15) is 0 Å². The summed E-state index contributed by atoms with van der Waals surface area (Å²) in [6.45, 7) is 7.16. The van der Waals surface area contributed by atoms with Gasteiger partial charge in [0, 0.05) is 23.3 Å². The van der Waals surface area contributed by atoms with Crippen molar-refractivity contribution in [3.05, 3.63) is 46.2 Å². The smallest absolute Gasteiger partial charge is 0.0729 e. The van der Waals surface area contributed by atoms with Gasteiger partial charge in [0.2, 0.25) is 0 Å². The SMILES string of the molecule is Cc1cc(CNc2cnn(C(C)C)c2)ccc1Br. The van der Waals surface area contributed by atoms with Gasteiger partial charge >= 0.3 is 0 Å². The Hall–Kier alpha value is -1.29. The molecule has 0 atom stereocenters.